The molecule has 11 heteroatoms. The molecule has 0 aromatic heterocycles. The zero-order valence-corrected chi connectivity index (χ0v) is 11.5. The molecule has 0 saturated heterocycles. The molecular formula is C8H15N3O6P2. The van der Waals surface area contributed by atoms with E-state index in [2.05, 4.69) is 10.7 Å². The third-order valence-electron chi connectivity index (χ3n) is 2.25. The maximum absolute atomic E-state index is 11.0. The van der Waals surface area contributed by atoms with Gasteiger partial charge in [-0.3, -0.25) is 20.3 Å². The maximum atomic E-state index is 11.0. The summed E-state index contributed by atoms with van der Waals surface area (Å²) in [5.41, 5.74) is 1.40. The van der Waals surface area contributed by atoms with Crippen LogP contribution in [0.5, 0.6) is 0 Å². The lowest BCUT2D eigenvalue weighted by Gasteiger charge is -2.20. The van der Waals surface area contributed by atoms with Crippen LogP contribution in [0.25, 0.3) is 0 Å². The number of nitrogens with two attached hydrogens (primary N) is 1. The number of benzene rings is 1. The number of hydrazine groups is 1. The van der Waals surface area contributed by atoms with Gasteiger partial charge < -0.3 is 25.0 Å². The van der Waals surface area contributed by atoms with Crippen LogP contribution in [-0.2, 0) is 15.7 Å². The number of hydrogen-bond donors (Lipinski definition) is 7. The van der Waals surface area contributed by atoms with Crippen molar-refractivity contribution in [2.24, 2.45) is 5.84 Å². The first kappa shape index (κ1) is 16.3. The van der Waals surface area contributed by atoms with Gasteiger partial charge in [0.2, 0.25) is 5.52 Å². The van der Waals surface area contributed by atoms with Crippen LogP contribution in [0.2, 0.25) is 0 Å². The molecule has 0 atom stereocenters. The minimum atomic E-state index is -4.96. The molecule has 0 heterocycles. The summed E-state index contributed by atoms with van der Waals surface area (Å²) < 4.78 is 22.0. The largest absolute Gasteiger partial charge is 0.354 e. The minimum Gasteiger partial charge on any atom is -0.324 e. The van der Waals surface area contributed by atoms with Crippen molar-refractivity contribution in [1.29, 1.82) is 0 Å². The van der Waals surface area contributed by atoms with E-state index < -0.39 is 20.7 Å². The van der Waals surface area contributed by atoms with Gasteiger partial charge in [0.15, 0.2) is 0 Å². The van der Waals surface area contributed by atoms with Gasteiger partial charge in [-0.1, -0.05) is 12.1 Å². The summed E-state index contributed by atoms with van der Waals surface area (Å²) in [5.74, 6) is 5.16. The molecule has 1 aromatic rings. The Balaban J connectivity index is 2.77. The van der Waals surface area contributed by atoms with Gasteiger partial charge in [0, 0.05) is 12.2 Å². The van der Waals surface area contributed by atoms with Gasteiger partial charge in [-0.2, -0.15) is 0 Å². The van der Waals surface area contributed by atoms with Crippen molar-refractivity contribution >= 4 is 20.9 Å². The summed E-state index contributed by atoms with van der Waals surface area (Å²) in [7, 11) is -9.91. The van der Waals surface area contributed by atoms with Crippen molar-refractivity contribution in [3.05, 3.63) is 29.8 Å². The van der Waals surface area contributed by atoms with Gasteiger partial charge in [-0.05, 0) is 17.7 Å². The van der Waals surface area contributed by atoms with Crippen LogP contribution in [0.1, 0.15) is 5.56 Å². The van der Waals surface area contributed by atoms with Crippen LogP contribution in [0.3, 0.4) is 0 Å². The van der Waals surface area contributed by atoms with Gasteiger partial charge in [0.1, 0.15) is 0 Å². The third-order valence-corrected chi connectivity index (χ3v) is 5.69. The first-order chi connectivity index (χ1) is 8.64. The standard InChI is InChI=1S/C8H15N3O6P2/c9-11-7-3-1-6(2-4-7)5-10-8(18(12,13)14)19(15,16)17/h1-4,8,10-11H,5,9H2,(H2,12,13,14)(H2,15,16,17). The van der Waals surface area contributed by atoms with Gasteiger partial charge in [-0.25, -0.2) is 0 Å². The monoisotopic (exact) mass is 311 g/mol. The van der Waals surface area contributed by atoms with Gasteiger partial charge in [0.05, 0.1) is 0 Å². The Labute approximate surface area is 109 Å². The summed E-state index contributed by atoms with van der Waals surface area (Å²) in [6.07, 6.45) is 0. The highest BCUT2D eigenvalue weighted by Gasteiger charge is 2.42. The number of anilines is 1. The fourth-order valence-corrected chi connectivity index (χ4v) is 3.59. The Hall–Kier alpha value is -0.760. The Kier molecular flexibility index (Phi) is 5.26. The lowest BCUT2D eigenvalue weighted by Crippen LogP contribution is -2.28. The van der Waals surface area contributed by atoms with E-state index in [1.54, 1.807) is 24.3 Å². The molecule has 0 spiro atoms. The maximum Gasteiger partial charge on any atom is 0.354 e. The Morgan fingerprint density at radius 3 is 1.89 bits per heavy atom. The third kappa shape index (κ3) is 5.02. The van der Waals surface area contributed by atoms with Crippen LogP contribution < -0.4 is 16.6 Å². The van der Waals surface area contributed by atoms with Gasteiger partial charge in [0.25, 0.3) is 0 Å². The van der Waals surface area contributed by atoms with Gasteiger partial charge >= 0.3 is 15.2 Å². The van der Waals surface area contributed by atoms with E-state index in [1.807, 2.05) is 0 Å². The van der Waals surface area contributed by atoms with Crippen LogP contribution in [0.15, 0.2) is 24.3 Å². The second-order valence-corrected chi connectivity index (χ2v) is 7.57. The number of hydrogen-bond acceptors (Lipinski definition) is 5. The van der Waals surface area contributed by atoms with Crippen molar-refractivity contribution in [2.75, 3.05) is 5.43 Å². The molecule has 1 aromatic carbocycles. The molecule has 108 valence electrons. The summed E-state index contributed by atoms with van der Waals surface area (Å²) in [5, 5.41) is 2.18. The van der Waals surface area contributed by atoms with Crippen LogP contribution in [0, 0.1) is 0 Å². The minimum absolute atomic E-state index is 0.105. The summed E-state index contributed by atoms with van der Waals surface area (Å²) in [4.78, 5) is 35.6. The molecule has 0 unspecified atom stereocenters. The molecule has 9 nitrogen and oxygen atoms in total. The zero-order chi connectivity index (χ0) is 14.7. The molecule has 0 fully saturated rings. The summed E-state index contributed by atoms with van der Waals surface area (Å²) >= 11 is 0. The van der Waals surface area contributed by atoms with Gasteiger partial charge in [-0.15, -0.1) is 0 Å². The number of rotatable bonds is 6. The van der Waals surface area contributed by atoms with Crippen LogP contribution >= 0.6 is 15.2 Å². The first-order valence-corrected chi connectivity index (χ1v) is 8.40. The predicted octanol–water partition coefficient (Wildman–Crippen LogP) is -0.299. The van der Waals surface area contributed by atoms with Crippen molar-refractivity contribution in [3.8, 4) is 0 Å². The second kappa shape index (κ2) is 6.13. The predicted molar refractivity (Wildman–Crippen MR) is 69.0 cm³/mol. The van der Waals surface area contributed by atoms with E-state index in [0.717, 1.165) is 0 Å². The van der Waals surface area contributed by atoms with Crippen molar-refractivity contribution < 1.29 is 28.7 Å². The van der Waals surface area contributed by atoms with Crippen molar-refractivity contribution in [1.82, 2.24) is 5.32 Å². The van der Waals surface area contributed by atoms with Crippen LogP contribution in [0.4, 0.5) is 5.69 Å². The quantitative estimate of drug-likeness (QED) is 0.212. The molecule has 0 bridgehead atoms. The molecule has 1 rings (SSSR count). The normalized spacial score (nSPS) is 12.7. The van der Waals surface area contributed by atoms with E-state index in [4.69, 9.17) is 25.4 Å². The van der Waals surface area contributed by atoms with Crippen LogP contribution in [-0.4, -0.2) is 25.1 Å². The van der Waals surface area contributed by atoms with E-state index >= 15 is 0 Å². The molecular weight excluding hydrogens is 296 g/mol. The molecule has 0 aliphatic carbocycles. The Morgan fingerprint density at radius 1 is 1.05 bits per heavy atom. The zero-order valence-electron chi connectivity index (χ0n) is 9.67. The number of nitrogens with one attached hydrogen (secondary N) is 2. The molecule has 0 saturated carbocycles. The van der Waals surface area contributed by atoms with E-state index in [9.17, 15) is 9.13 Å². The smallest absolute Gasteiger partial charge is 0.324 e. The second-order valence-electron chi connectivity index (χ2n) is 3.77. The topological polar surface area (TPSA) is 165 Å². The van der Waals surface area contributed by atoms with E-state index in [0.29, 0.717) is 11.3 Å². The lowest BCUT2D eigenvalue weighted by molar-refractivity contribution is 0.327. The molecule has 0 aliphatic heterocycles. The molecule has 0 aliphatic rings. The van der Waals surface area contributed by atoms with E-state index in [-0.39, 0.29) is 6.54 Å². The molecule has 8 N–H and O–H groups in total. The van der Waals surface area contributed by atoms with Crippen molar-refractivity contribution in [3.63, 3.8) is 0 Å². The fraction of sp³-hybridized carbons (Fsp3) is 0.250. The molecule has 0 radical (unpaired) electrons. The first-order valence-electron chi connectivity index (χ1n) is 5.04. The van der Waals surface area contributed by atoms with Crippen molar-refractivity contribution in [2.45, 2.75) is 12.1 Å². The highest BCUT2D eigenvalue weighted by molar-refractivity contribution is 7.70. The van der Waals surface area contributed by atoms with E-state index in [1.165, 1.54) is 0 Å². The average molecular weight is 311 g/mol. The number of nitrogen functional groups attached to an aromatic ring is 1. The Morgan fingerprint density at radius 2 is 1.53 bits per heavy atom. The summed E-state index contributed by atoms with van der Waals surface area (Å²) in [6.45, 7) is -0.105. The SMILES string of the molecule is NNc1ccc(CNC(P(=O)(O)O)P(=O)(O)O)cc1. The fourth-order valence-electron chi connectivity index (χ4n) is 1.36. The highest BCUT2D eigenvalue weighted by atomic mass is 31.2. The lowest BCUT2D eigenvalue weighted by atomic mass is 10.2. The Bertz CT molecular complexity index is 488. The molecule has 0 amide bonds. The average Bonchev–Trinajstić information content (AvgIpc) is 2.26. The molecule has 19 heavy (non-hydrogen) atoms. The highest BCUT2D eigenvalue weighted by Crippen LogP contribution is 2.58. The summed E-state index contributed by atoms with van der Waals surface area (Å²) in [6, 6.07) is 6.42.